The molecule has 3 aromatic carbocycles. The predicted octanol–water partition coefficient (Wildman–Crippen LogP) is 7.51. The van der Waals surface area contributed by atoms with Gasteiger partial charge < -0.3 is 25.2 Å². The maximum absolute atomic E-state index is 12.0. The molecule has 226 valence electrons. The second-order valence-electron chi connectivity index (χ2n) is 10.9. The Morgan fingerprint density at radius 2 is 1.69 bits per heavy atom. The minimum atomic E-state index is -0.292. The van der Waals surface area contributed by atoms with E-state index in [1.165, 1.54) is 18.2 Å². The molecule has 8 heteroatoms. The Kier molecular flexibility index (Phi) is 14.8. The average molecular weight is 743 g/mol. The van der Waals surface area contributed by atoms with Crippen LogP contribution in [0.25, 0.3) is 16.6 Å². The Hall–Kier alpha value is -3.15. The van der Waals surface area contributed by atoms with Crippen molar-refractivity contribution in [3.05, 3.63) is 94.5 Å². The zero-order valence-corrected chi connectivity index (χ0v) is 28.7. The number of hydroxylamine groups is 1. The number of nitrogens with zero attached hydrogens (tertiary/aromatic N) is 2. The number of carbonyl (C=O) groups is 1. The third-order valence-electron chi connectivity index (χ3n) is 6.65. The van der Waals surface area contributed by atoms with Crippen LogP contribution in [-0.4, -0.2) is 32.1 Å². The van der Waals surface area contributed by atoms with Crippen LogP contribution in [0.3, 0.4) is 0 Å². The van der Waals surface area contributed by atoms with Gasteiger partial charge in [-0.2, -0.15) is 0 Å². The summed E-state index contributed by atoms with van der Waals surface area (Å²) in [6, 6.07) is 23.0. The molecule has 0 aliphatic rings. The molecule has 0 aliphatic carbocycles. The summed E-state index contributed by atoms with van der Waals surface area (Å²) in [4.78, 5) is 17.5. The van der Waals surface area contributed by atoms with Crippen molar-refractivity contribution in [2.24, 2.45) is 5.10 Å². The van der Waals surface area contributed by atoms with Gasteiger partial charge in [0.1, 0.15) is 5.75 Å². The van der Waals surface area contributed by atoms with E-state index in [1.807, 2.05) is 32.0 Å². The quantitative estimate of drug-likeness (QED) is 0.0801. The molecule has 0 spiro atoms. The molecule has 3 rings (SSSR count). The zero-order chi connectivity index (χ0) is 29.7. The van der Waals surface area contributed by atoms with Gasteiger partial charge in [0.15, 0.2) is 5.90 Å². The molecular formula is C34H44N3O4W-. The zero-order valence-electron chi connectivity index (χ0n) is 25.7. The Morgan fingerprint density at radius 3 is 2.36 bits per heavy atom. The number of carbonyl (C=O) groups excluding carboxylic acids is 1. The van der Waals surface area contributed by atoms with E-state index < -0.39 is 0 Å². The van der Waals surface area contributed by atoms with Gasteiger partial charge in [0.25, 0.3) is 0 Å². The number of aryl methyl sites for hydroxylation is 1. The van der Waals surface area contributed by atoms with Crippen molar-refractivity contribution in [1.82, 2.24) is 5.43 Å². The van der Waals surface area contributed by atoms with Gasteiger partial charge in [-0.3, -0.25) is 4.79 Å². The Balaban J connectivity index is 0.00000616. The SMILES string of the molecule is CC[N-]O/C(CCCc1cccc(-c2ccc(OCC)c(CC(=O)OC)c2)c1)=N\NCc1ccc(C(C)(C)C)cc1.[W]. The fourth-order valence-electron chi connectivity index (χ4n) is 4.37. The predicted molar refractivity (Wildman–Crippen MR) is 166 cm³/mol. The first-order valence-electron chi connectivity index (χ1n) is 14.4. The van der Waals surface area contributed by atoms with Crippen LogP contribution in [0.4, 0.5) is 0 Å². The maximum atomic E-state index is 12.0. The maximum Gasteiger partial charge on any atom is 0.310 e. The van der Waals surface area contributed by atoms with Crippen LogP contribution >= 0.6 is 0 Å². The molecule has 0 heterocycles. The summed E-state index contributed by atoms with van der Waals surface area (Å²) in [7, 11) is 1.40. The number of rotatable bonds is 14. The Morgan fingerprint density at radius 1 is 0.952 bits per heavy atom. The van der Waals surface area contributed by atoms with Gasteiger partial charge in [0, 0.05) is 33.0 Å². The van der Waals surface area contributed by atoms with Gasteiger partial charge in [0.2, 0.25) is 0 Å². The fourth-order valence-corrected chi connectivity index (χ4v) is 4.37. The summed E-state index contributed by atoms with van der Waals surface area (Å²) in [5, 5.41) is 4.49. The minimum Gasteiger partial charge on any atom is -0.576 e. The molecule has 0 aliphatic heterocycles. The molecule has 1 N–H and O–H groups in total. The van der Waals surface area contributed by atoms with Crippen molar-refractivity contribution < 1.29 is 40.2 Å². The first kappa shape index (κ1) is 35.0. The molecule has 0 bridgehead atoms. The van der Waals surface area contributed by atoms with E-state index >= 15 is 0 Å². The van der Waals surface area contributed by atoms with Gasteiger partial charge in [-0.1, -0.05) is 82.3 Å². The fraction of sp³-hybridized carbons (Fsp3) is 0.412. The first-order valence-corrected chi connectivity index (χ1v) is 14.4. The molecule has 0 aromatic heterocycles. The van der Waals surface area contributed by atoms with E-state index in [0.29, 0.717) is 37.8 Å². The smallest absolute Gasteiger partial charge is 0.310 e. The molecule has 0 unspecified atom stereocenters. The normalized spacial score (nSPS) is 11.4. The van der Waals surface area contributed by atoms with Crippen molar-refractivity contribution >= 4 is 11.9 Å². The van der Waals surface area contributed by atoms with Crippen LogP contribution in [0, 0.1) is 0 Å². The van der Waals surface area contributed by atoms with E-state index in [9.17, 15) is 4.79 Å². The molecule has 0 amide bonds. The molecule has 0 radical (unpaired) electrons. The molecule has 42 heavy (non-hydrogen) atoms. The van der Waals surface area contributed by atoms with E-state index in [4.69, 9.17) is 14.3 Å². The van der Waals surface area contributed by atoms with Crippen molar-refractivity contribution in [3.63, 3.8) is 0 Å². The summed E-state index contributed by atoms with van der Waals surface area (Å²) in [6.45, 7) is 12.2. The number of esters is 1. The number of hydrazone groups is 1. The summed E-state index contributed by atoms with van der Waals surface area (Å²) in [5.74, 6) is 0.991. The minimum absolute atomic E-state index is 0. The number of hydrogen-bond donors (Lipinski definition) is 1. The number of ether oxygens (including phenoxy) is 2. The van der Waals surface area contributed by atoms with E-state index in [-0.39, 0.29) is 38.9 Å². The summed E-state index contributed by atoms with van der Waals surface area (Å²) >= 11 is 0. The third-order valence-corrected chi connectivity index (χ3v) is 6.65. The second kappa shape index (κ2) is 17.7. The van der Waals surface area contributed by atoms with Crippen LogP contribution in [-0.2, 0) is 60.2 Å². The largest absolute Gasteiger partial charge is 0.576 e. The monoisotopic (exact) mass is 742 g/mol. The Bertz CT molecular complexity index is 1290. The van der Waals surface area contributed by atoms with Gasteiger partial charge >= 0.3 is 5.97 Å². The number of nitrogens with one attached hydrogen (secondary N) is 1. The standard InChI is InChI=1S/C34H44N3O4.W/c1-7-36-41-32(37-35-24-26-15-18-30(19-16-26)34(3,4)5)14-10-12-25-11-9-13-27(21-25)28-17-20-31(40-8-2)29(22-28)23-33(38)39-6;/h9,11,13,15-22,35H,7-8,10,12,14,23-24H2,1-6H3;/q-1;/b37-32-;. The summed E-state index contributed by atoms with van der Waals surface area (Å²) < 4.78 is 10.6. The molecule has 3 aromatic rings. The van der Waals surface area contributed by atoms with E-state index in [1.54, 1.807) is 0 Å². The molecule has 0 fully saturated rings. The first-order chi connectivity index (χ1) is 19.7. The summed E-state index contributed by atoms with van der Waals surface area (Å²) in [6.07, 6.45) is 2.56. The number of benzene rings is 3. The van der Waals surface area contributed by atoms with Crippen molar-refractivity contribution in [2.45, 2.75) is 72.3 Å². The molecule has 0 saturated heterocycles. The third kappa shape index (κ3) is 11.3. The van der Waals surface area contributed by atoms with Crippen LogP contribution < -0.4 is 10.2 Å². The Labute approximate surface area is 265 Å². The molecule has 0 saturated carbocycles. The number of hydrogen-bond acceptors (Lipinski definition) is 6. The van der Waals surface area contributed by atoms with Crippen LogP contribution in [0.5, 0.6) is 5.75 Å². The topological polar surface area (TPSA) is 83.2 Å². The van der Waals surface area contributed by atoms with E-state index in [0.717, 1.165) is 35.1 Å². The van der Waals surface area contributed by atoms with Gasteiger partial charge in [-0.15, -0.1) is 11.6 Å². The van der Waals surface area contributed by atoms with E-state index in [2.05, 4.69) is 85.3 Å². The summed E-state index contributed by atoms with van der Waals surface area (Å²) in [5.41, 5.74) is 13.9. The number of methoxy groups -OCH3 is 1. The second-order valence-corrected chi connectivity index (χ2v) is 10.9. The van der Waals surface area contributed by atoms with Crippen molar-refractivity contribution in [2.75, 3.05) is 20.3 Å². The van der Waals surface area contributed by atoms with Crippen molar-refractivity contribution in [1.29, 1.82) is 0 Å². The molecular weight excluding hydrogens is 698 g/mol. The van der Waals surface area contributed by atoms with Gasteiger partial charge in [-0.05, 0) is 65.1 Å². The van der Waals surface area contributed by atoms with Crippen LogP contribution in [0.2, 0.25) is 0 Å². The van der Waals surface area contributed by atoms with Crippen LogP contribution in [0.1, 0.15) is 69.7 Å². The molecule has 0 atom stereocenters. The van der Waals surface area contributed by atoms with Crippen molar-refractivity contribution in [3.8, 4) is 16.9 Å². The van der Waals surface area contributed by atoms with Gasteiger partial charge in [0.05, 0.1) is 26.7 Å². The molecule has 7 nitrogen and oxygen atoms in total. The van der Waals surface area contributed by atoms with Gasteiger partial charge in [-0.25, -0.2) is 0 Å². The van der Waals surface area contributed by atoms with Crippen LogP contribution in [0.15, 0.2) is 71.8 Å². The average Bonchev–Trinajstić information content (AvgIpc) is 2.96.